The summed E-state index contributed by atoms with van der Waals surface area (Å²) in [6.45, 7) is 1.92. The van der Waals surface area contributed by atoms with Crippen molar-refractivity contribution in [3.8, 4) is 11.5 Å². The van der Waals surface area contributed by atoms with Crippen molar-refractivity contribution < 1.29 is 19.0 Å². The highest BCUT2D eigenvalue weighted by molar-refractivity contribution is 5.49. The number of aliphatic hydroxyl groups excluding tert-OH is 1. The van der Waals surface area contributed by atoms with Gasteiger partial charge in [0.2, 0.25) is 0 Å². The third-order valence-corrected chi connectivity index (χ3v) is 2.93. The summed E-state index contributed by atoms with van der Waals surface area (Å²) in [6, 6.07) is 5.37. The molecule has 0 amide bonds. The molecule has 0 bridgehead atoms. The number of hydrogen-bond acceptors (Lipinski definition) is 4. The van der Waals surface area contributed by atoms with E-state index in [9.17, 15) is 5.11 Å². The average Bonchev–Trinajstić information content (AvgIpc) is 2.91. The minimum absolute atomic E-state index is 0.598. The second-order valence-corrected chi connectivity index (χ2v) is 4.02. The van der Waals surface area contributed by atoms with Gasteiger partial charge in [-0.3, -0.25) is 0 Å². The molecule has 1 N–H and O–H groups in total. The van der Waals surface area contributed by atoms with Crippen LogP contribution < -0.4 is 9.47 Å². The summed E-state index contributed by atoms with van der Waals surface area (Å²) >= 11 is 0. The fourth-order valence-electron chi connectivity index (χ4n) is 1.90. The second kappa shape index (κ2) is 5.14. The van der Waals surface area contributed by atoms with Crippen LogP contribution in [0.4, 0.5) is 0 Å². The highest BCUT2D eigenvalue weighted by Crippen LogP contribution is 2.34. The standard InChI is InChI=1S/C14H16O4/c1-9-6-12(16-2)13(17-3)7-11(9)14(15)10-4-5-18-8-10/h4-8,14-15H,1-3H3. The molecular weight excluding hydrogens is 232 g/mol. The van der Waals surface area contributed by atoms with Gasteiger partial charge in [-0.05, 0) is 36.2 Å². The molecule has 2 rings (SSSR count). The number of aryl methyl sites for hydroxylation is 1. The van der Waals surface area contributed by atoms with E-state index in [4.69, 9.17) is 13.9 Å². The Balaban J connectivity index is 2.45. The van der Waals surface area contributed by atoms with Gasteiger partial charge < -0.3 is 19.0 Å². The Morgan fingerprint density at radius 2 is 1.83 bits per heavy atom. The van der Waals surface area contributed by atoms with Crippen molar-refractivity contribution >= 4 is 0 Å². The van der Waals surface area contributed by atoms with Gasteiger partial charge in [0.05, 0.1) is 26.7 Å². The largest absolute Gasteiger partial charge is 0.493 e. The van der Waals surface area contributed by atoms with Crippen molar-refractivity contribution in [2.45, 2.75) is 13.0 Å². The number of furan rings is 1. The number of aliphatic hydroxyl groups is 1. The van der Waals surface area contributed by atoms with E-state index in [0.717, 1.165) is 11.1 Å². The van der Waals surface area contributed by atoms with Crippen molar-refractivity contribution in [3.05, 3.63) is 47.4 Å². The lowest BCUT2D eigenvalue weighted by molar-refractivity contribution is 0.217. The van der Waals surface area contributed by atoms with E-state index in [-0.39, 0.29) is 0 Å². The van der Waals surface area contributed by atoms with Crippen molar-refractivity contribution in [3.63, 3.8) is 0 Å². The average molecular weight is 248 g/mol. The lowest BCUT2D eigenvalue weighted by atomic mass is 9.98. The van der Waals surface area contributed by atoms with Crippen LogP contribution >= 0.6 is 0 Å². The van der Waals surface area contributed by atoms with E-state index in [1.54, 1.807) is 26.4 Å². The van der Waals surface area contributed by atoms with Crippen molar-refractivity contribution in [2.24, 2.45) is 0 Å². The lowest BCUT2D eigenvalue weighted by Crippen LogP contribution is -2.02. The van der Waals surface area contributed by atoms with Crippen molar-refractivity contribution in [2.75, 3.05) is 14.2 Å². The zero-order chi connectivity index (χ0) is 13.1. The molecule has 1 heterocycles. The van der Waals surface area contributed by atoms with E-state index in [0.29, 0.717) is 17.1 Å². The minimum atomic E-state index is -0.733. The first-order chi connectivity index (χ1) is 8.67. The predicted molar refractivity (Wildman–Crippen MR) is 67.1 cm³/mol. The summed E-state index contributed by atoms with van der Waals surface area (Å²) in [7, 11) is 3.16. The molecule has 4 nitrogen and oxygen atoms in total. The van der Waals surface area contributed by atoms with Gasteiger partial charge in [0.25, 0.3) is 0 Å². The highest BCUT2D eigenvalue weighted by atomic mass is 16.5. The maximum atomic E-state index is 10.3. The number of hydrogen-bond donors (Lipinski definition) is 1. The van der Waals surface area contributed by atoms with Gasteiger partial charge in [0.1, 0.15) is 6.10 Å². The molecular formula is C14H16O4. The van der Waals surface area contributed by atoms with Crippen LogP contribution in [-0.4, -0.2) is 19.3 Å². The summed E-state index contributed by atoms with van der Waals surface area (Å²) in [5.41, 5.74) is 2.42. The van der Waals surface area contributed by atoms with E-state index < -0.39 is 6.10 Å². The summed E-state index contributed by atoms with van der Waals surface area (Å²) in [6.07, 6.45) is 2.33. The molecule has 1 atom stereocenters. The van der Waals surface area contributed by atoms with Gasteiger partial charge in [0.15, 0.2) is 11.5 Å². The summed E-state index contributed by atoms with van der Waals surface area (Å²) in [5, 5.41) is 10.3. The molecule has 0 saturated heterocycles. The number of benzene rings is 1. The van der Waals surface area contributed by atoms with Crippen LogP contribution in [0.2, 0.25) is 0 Å². The van der Waals surface area contributed by atoms with Crippen molar-refractivity contribution in [1.29, 1.82) is 0 Å². The van der Waals surface area contributed by atoms with Gasteiger partial charge >= 0.3 is 0 Å². The molecule has 4 heteroatoms. The maximum absolute atomic E-state index is 10.3. The van der Waals surface area contributed by atoms with E-state index in [1.165, 1.54) is 12.5 Å². The van der Waals surface area contributed by atoms with Crippen LogP contribution in [0.15, 0.2) is 35.1 Å². The topological polar surface area (TPSA) is 51.8 Å². The first kappa shape index (κ1) is 12.5. The lowest BCUT2D eigenvalue weighted by Gasteiger charge is -2.16. The molecule has 0 aliphatic heterocycles. The van der Waals surface area contributed by atoms with Crippen LogP contribution in [0.3, 0.4) is 0 Å². The fourth-order valence-corrected chi connectivity index (χ4v) is 1.90. The SMILES string of the molecule is COc1cc(C)c(C(O)c2ccoc2)cc1OC. The molecule has 18 heavy (non-hydrogen) atoms. The van der Waals surface area contributed by atoms with E-state index in [1.807, 2.05) is 13.0 Å². The minimum Gasteiger partial charge on any atom is -0.493 e. The van der Waals surface area contributed by atoms with Crippen LogP contribution in [0.1, 0.15) is 22.8 Å². The molecule has 0 radical (unpaired) electrons. The fraction of sp³-hybridized carbons (Fsp3) is 0.286. The molecule has 1 aromatic carbocycles. The van der Waals surface area contributed by atoms with E-state index >= 15 is 0 Å². The van der Waals surface area contributed by atoms with Crippen LogP contribution in [0.25, 0.3) is 0 Å². The predicted octanol–water partition coefficient (Wildman–Crippen LogP) is 2.69. The van der Waals surface area contributed by atoms with Crippen LogP contribution in [0, 0.1) is 6.92 Å². The summed E-state index contributed by atoms with van der Waals surface area (Å²) in [4.78, 5) is 0. The third-order valence-electron chi connectivity index (χ3n) is 2.93. The smallest absolute Gasteiger partial charge is 0.161 e. The van der Waals surface area contributed by atoms with Crippen LogP contribution in [0.5, 0.6) is 11.5 Å². The Morgan fingerprint density at radius 3 is 2.39 bits per heavy atom. The maximum Gasteiger partial charge on any atom is 0.161 e. The number of ether oxygens (including phenoxy) is 2. The molecule has 96 valence electrons. The van der Waals surface area contributed by atoms with Crippen LogP contribution in [-0.2, 0) is 0 Å². The Labute approximate surface area is 106 Å². The van der Waals surface area contributed by atoms with Gasteiger partial charge in [0, 0.05) is 5.56 Å². The molecule has 0 spiro atoms. The van der Waals surface area contributed by atoms with Gasteiger partial charge in [-0.25, -0.2) is 0 Å². The Hall–Kier alpha value is -1.94. The molecule has 0 aliphatic carbocycles. The Morgan fingerprint density at radius 1 is 1.17 bits per heavy atom. The quantitative estimate of drug-likeness (QED) is 0.903. The summed E-state index contributed by atoms with van der Waals surface area (Å²) < 4.78 is 15.4. The Bertz CT molecular complexity index is 517. The van der Waals surface area contributed by atoms with Gasteiger partial charge in [-0.15, -0.1) is 0 Å². The molecule has 0 aliphatic rings. The van der Waals surface area contributed by atoms with E-state index in [2.05, 4.69) is 0 Å². The number of rotatable bonds is 4. The monoisotopic (exact) mass is 248 g/mol. The highest BCUT2D eigenvalue weighted by Gasteiger charge is 2.17. The van der Waals surface area contributed by atoms with Crippen molar-refractivity contribution in [1.82, 2.24) is 0 Å². The molecule has 0 fully saturated rings. The molecule has 2 aromatic rings. The molecule has 1 aromatic heterocycles. The third kappa shape index (κ3) is 2.19. The van der Waals surface area contributed by atoms with Gasteiger partial charge in [-0.2, -0.15) is 0 Å². The summed E-state index contributed by atoms with van der Waals surface area (Å²) in [5.74, 6) is 1.25. The molecule has 1 unspecified atom stereocenters. The normalized spacial score (nSPS) is 12.2. The first-order valence-corrected chi connectivity index (χ1v) is 5.60. The second-order valence-electron chi connectivity index (χ2n) is 4.02. The molecule has 0 saturated carbocycles. The number of methoxy groups -OCH3 is 2. The van der Waals surface area contributed by atoms with Gasteiger partial charge in [-0.1, -0.05) is 0 Å². The zero-order valence-electron chi connectivity index (χ0n) is 10.6. The Kier molecular flexibility index (Phi) is 3.58. The first-order valence-electron chi connectivity index (χ1n) is 5.60. The zero-order valence-corrected chi connectivity index (χ0v) is 10.6.